The molecule has 3 aromatic rings. The highest BCUT2D eigenvalue weighted by atomic mass is 16.5. The average molecular weight is 348 g/mol. The number of hydrogen-bond donors (Lipinski definition) is 1. The van der Waals surface area contributed by atoms with E-state index in [1.807, 2.05) is 48.5 Å². The zero-order valence-electron chi connectivity index (χ0n) is 14.7. The van der Waals surface area contributed by atoms with Crippen molar-refractivity contribution in [2.24, 2.45) is 0 Å². The van der Waals surface area contributed by atoms with E-state index in [9.17, 15) is 4.79 Å². The van der Waals surface area contributed by atoms with Crippen molar-refractivity contribution in [3.63, 3.8) is 0 Å². The molecule has 0 unspecified atom stereocenters. The molecule has 0 saturated carbocycles. The van der Waals surface area contributed by atoms with Crippen molar-refractivity contribution in [3.05, 3.63) is 89.7 Å². The first kappa shape index (κ1) is 17.5. The molecule has 0 radical (unpaired) electrons. The molecular formula is C21H20N2O3. The van der Waals surface area contributed by atoms with Gasteiger partial charge in [-0.25, -0.2) is 0 Å². The van der Waals surface area contributed by atoms with Crippen molar-refractivity contribution in [1.82, 2.24) is 10.3 Å². The normalized spacial score (nSPS) is 11.5. The molecule has 0 bridgehead atoms. The molecule has 2 aromatic carbocycles. The number of methoxy groups -OCH3 is 2. The molecule has 0 aliphatic heterocycles. The Morgan fingerprint density at radius 1 is 0.923 bits per heavy atom. The molecule has 0 fully saturated rings. The minimum Gasteiger partial charge on any atom is -0.497 e. The van der Waals surface area contributed by atoms with E-state index in [0.717, 1.165) is 11.3 Å². The molecule has 1 atom stereocenters. The summed E-state index contributed by atoms with van der Waals surface area (Å²) < 4.78 is 10.5. The van der Waals surface area contributed by atoms with E-state index in [4.69, 9.17) is 9.47 Å². The van der Waals surface area contributed by atoms with Gasteiger partial charge in [-0.1, -0.05) is 36.4 Å². The van der Waals surface area contributed by atoms with Gasteiger partial charge in [-0.15, -0.1) is 0 Å². The highest BCUT2D eigenvalue weighted by Crippen LogP contribution is 2.24. The van der Waals surface area contributed by atoms with Crippen molar-refractivity contribution in [1.29, 1.82) is 0 Å². The maximum atomic E-state index is 12.9. The number of ether oxygens (including phenoxy) is 2. The Morgan fingerprint density at radius 3 is 2.15 bits per heavy atom. The van der Waals surface area contributed by atoms with E-state index < -0.39 is 0 Å². The maximum Gasteiger partial charge on any atom is 0.252 e. The molecule has 1 N–H and O–H groups in total. The summed E-state index contributed by atoms with van der Waals surface area (Å²) in [5.74, 6) is 0.883. The van der Waals surface area contributed by atoms with E-state index in [-0.39, 0.29) is 11.9 Å². The van der Waals surface area contributed by atoms with Gasteiger partial charge in [-0.05, 0) is 29.8 Å². The molecule has 3 rings (SSSR count). The van der Waals surface area contributed by atoms with Gasteiger partial charge in [-0.2, -0.15) is 0 Å². The van der Waals surface area contributed by atoms with E-state index in [0.29, 0.717) is 17.1 Å². The number of benzene rings is 2. The third-order valence-corrected chi connectivity index (χ3v) is 4.01. The van der Waals surface area contributed by atoms with Crippen molar-refractivity contribution in [2.75, 3.05) is 14.2 Å². The highest BCUT2D eigenvalue weighted by Gasteiger charge is 2.19. The lowest BCUT2D eigenvalue weighted by Gasteiger charge is -2.19. The van der Waals surface area contributed by atoms with Crippen LogP contribution in [0.4, 0.5) is 0 Å². The van der Waals surface area contributed by atoms with Crippen LogP contribution in [0.1, 0.15) is 27.7 Å². The zero-order chi connectivity index (χ0) is 18.4. The molecular weight excluding hydrogens is 328 g/mol. The largest absolute Gasteiger partial charge is 0.497 e. The van der Waals surface area contributed by atoms with Crippen molar-refractivity contribution in [2.45, 2.75) is 6.04 Å². The van der Waals surface area contributed by atoms with Crippen LogP contribution in [0, 0.1) is 0 Å². The summed E-state index contributed by atoms with van der Waals surface area (Å²) in [5.41, 5.74) is 2.18. The Balaban J connectivity index is 1.93. The van der Waals surface area contributed by atoms with Gasteiger partial charge in [0, 0.05) is 17.8 Å². The number of nitrogens with zero attached hydrogens (tertiary/aromatic N) is 1. The fourth-order valence-corrected chi connectivity index (χ4v) is 2.67. The van der Waals surface area contributed by atoms with E-state index in [2.05, 4.69) is 10.3 Å². The van der Waals surface area contributed by atoms with Crippen LogP contribution in [0.3, 0.4) is 0 Å². The van der Waals surface area contributed by atoms with Gasteiger partial charge in [-0.3, -0.25) is 9.78 Å². The van der Waals surface area contributed by atoms with Crippen LogP contribution in [0.25, 0.3) is 0 Å². The summed E-state index contributed by atoms with van der Waals surface area (Å²) in [6, 6.07) is 20.1. The summed E-state index contributed by atoms with van der Waals surface area (Å²) in [4.78, 5) is 17.3. The topological polar surface area (TPSA) is 60.5 Å². The predicted octanol–water partition coefficient (Wildman–Crippen LogP) is 3.62. The molecule has 1 heterocycles. The van der Waals surface area contributed by atoms with Gasteiger partial charge in [0.1, 0.15) is 11.5 Å². The minimum absolute atomic E-state index is 0.235. The Kier molecular flexibility index (Phi) is 5.49. The van der Waals surface area contributed by atoms with Crippen LogP contribution in [0.15, 0.2) is 72.9 Å². The van der Waals surface area contributed by atoms with Crippen molar-refractivity contribution < 1.29 is 14.3 Å². The number of aromatic nitrogens is 1. The number of amides is 1. The average Bonchev–Trinajstić information content (AvgIpc) is 2.72. The molecule has 0 saturated heterocycles. The number of pyridine rings is 1. The Morgan fingerprint density at radius 2 is 1.58 bits per heavy atom. The molecule has 132 valence electrons. The minimum atomic E-state index is -0.359. The second kappa shape index (κ2) is 8.16. The second-order valence-corrected chi connectivity index (χ2v) is 5.67. The van der Waals surface area contributed by atoms with Crippen LogP contribution in [0.5, 0.6) is 11.5 Å². The fraction of sp³-hybridized carbons (Fsp3) is 0.143. The monoisotopic (exact) mass is 348 g/mol. The number of nitrogens with one attached hydrogen (secondary N) is 1. The van der Waals surface area contributed by atoms with Gasteiger partial charge in [0.25, 0.3) is 5.91 Å². The lowest BCUT2D eigenvalue weighted by atomic mass is 10.0. The van der Waals surface area contributed by atoms with Gasteiger partial charge < -0.3 is 14.8 Å². The van der Waals surface area contributed by atoms with Crippen LogP contribution < -0.4 is 14.8 Å². The summed E-state index contributed by atoms with van der Waals surface area (Å²) in [6.07, 6.45) is 1.71. The van der Waals surface area contributed by atoms with E-state index in [1.54, 1.807) is 38.6 Å². The smallest absolute Gasteiger partial charge is 0.252 e. The van der Waals surface area contributed by atoms with Gasteiger partial charge in [0.2, 0.25) is 0 Å². The Hall–Kier alpha value is -3.34. The first-order valence-electron chi connectivity index (χ1n) is 8.21. The molecule has 5 heteroatoms. The third kappa shape index (κ3) is 4.00. The Labute approximate surface area is 152 Å². The fourth-order valence-electron chi connectivity index (χ4n) is 2.67. The van der Waals surface area contributed by atoms with Crippen LogP contribution in [0.2, 0.25) is 0 Å². The molecule has 5 nitrogen and oxygen atoms in total. The first-order valence-corrected chi connectivity index (χ1v) is 8.21. The molecule has 0 aliphatic rings. The van der Waals surface area contributed by atoms with Crippen LogP contribution in [-0.4, -0.2) is 25.1 Å². The van der Waals surface area contributed by atoms with Gasteiger partial charge >= 0.3 is 0 Å². The quantitative estimate of drug-likeness (QED) is 0.739. The highest BCUT2D eigenvalue weighted by molar-refractivity contribution is 5.95. The third-order valence-electron chi connectivity index (χ3n) is 4.01. The van der Waals surface area contributed by atoms with Gasteiger partial charge in [0.05, 0.1) is 26.0 Å². The number of carbonyl (C=O) groups is 1. The summed E-state index contributed by atoms with van der Waals surface area (Å²) in [7, 11) is 3.11. The lowest BCUT2D eigenvalue weighted by molar-refractivity contribution is 0.0941. The summed E-state index contributed by atoms with van der Waals surface area (Å²) >= 11 is 0. The van der Waals surface area contributed by atoms with Crippen LogP contribution in [-0.2, 0) is 0 Å². The SMILES string of the molecule is COc1cc(OC)cc(C(=O)N[C@H](c2ccccc2)c2ccccn2)c1. The number of rotatable bonds is 6. The van der Waals surface area contributed by atoms with Crippen LogP contribution >= 0.6 is 0 Å². The summed E-state index contributed by atoms with van der Waals surface area (Å²) in [5, 5.41) is 3.06. The van der Waals surface area contributed by atoms with Crippen molar-refractivity contribution in [3.8, 4) is 11.5 Å². The number of carbonyl (C=O) groups excluding carboxylic acids is 1. The molecule has 0 spiro atoms. The molecule has 1 aromatic heterocycles. The lowest BCUT2D eigenvalue weighted by Crippen LogP contribution is -2.30. The zero-order valence-corrected chi connectivity index (χ0v) is 14.7. The summed E-state index contributed by atoms with van der Waals surface area (Å²) in [6.45, 7) is 0. The predicted molar refractivity (Wildman–Crippen MR) is 99.5 cm³/mol. The first-order chi connectivity index (χ1) is 12.7. The maximum absolute atomic E-state index is 12.9. The van der Waals surface area contributed by atoms with Crippen molar-refractivity contribution >= 4 is 5.91 Å². The second-order valence-electron chi connectivity index (χ2n) is 5.67. The molecule has 0 aliphatic carbocycles. The van der Waals surface area contributed by atoms with E-state index >= 15 is 0 Å². The Bertz CT molecular complexity index is 805. The molecule has 26 heavy (non-hydrogen) atoms. The van der Waals surface area contributed by atoms with Gasteiger partial charge in [0.15, 0.2) is 0 Å². The number of hydrogen-bond acceptors (Lipinski definition) is 4. The molecule has 1 amide bonds. The van der Waals surface area contributed by atoms with E-state index in [1.165, 1.54) is 0 Å². The standard InChI is InChI=1S/C21H20N2O3/c1-25-17-12-16(13-18(14-17)26-2)21(24)23-20(15-8-4-3-5-9-15)19-10-6-7-11-22-19/h3-14,20H,1-2H3,(H,23,24)/t20-/m1/s1.